The molecule has 0 spiro atoms. The van der Waals surface area contributed by atoms with Crippen LogP contribution in [0, 0.1) is 0 Å². The topological polar surface area (TPSA) is 50.7 Å². The van der Waals surface area contributed by atoms with Crippen molar-refractivity contribution in [3.05, 3.63) is 36.0 Å². The summed E-state index contributed by atoms with van der Waals surface area (Å²) in [5, 5.41) is 13.5. The van der Waals surface area contributed by atoms with Gasteiger partial charge in [-0.05, 0) is 44.2 Å². The molecule has 5 heteroatoms. The molecule has 4 nitrogen and oxygen atoms in total. The van der Waals surface area contributed by atoms with Crippen LogP contribution in [0.1, 0.15) is 32.1 Å². The van der Waals surface area contributed by atoms with Gasteiger partial charge in [-0.3, -0.25) is 4.98 Å². The Balaban J connectivity index is 1.54. The molecule has 2 aromatic heterocycles. The van der Waals surface area contributed by atoms with Crippen LogP contribution in [0.25, 0.3) is 10.7 Å². The summed E-state index contributed by atoms with van der Waals surface area (Å²) in [4.78, 5) is 4.29. The molecule has 104 valence electrons. The van der Waals surface area contributed by atoms with E-state index in [2.05, 4.69) is 26.6 Å². The van der Waals surface area contributed by atoms with Crippen LogP contribution in [-0.4, -0.2) is 21.7 Å². The van der Waals surface area contributed by atoms with Crippen LogP contribution >= 0.6 is 11.3 Å². The molecule has 0 radical (unpaired) electrons. The van der Waals surface area contributed by atoms with Gasteiger partial charge in [0.05, 0.1) is 0 Å². The third-order valence-electron chi connectivity index (χ3n) is 3.42. The van der Waals surface area contributed by atoms with Crippen LogP contribution in [0.4, 0.5) is 5.13 Å². The van der Waals surface area contributed by atoms with Crippen molar-refractivity contribution >= 4 is 16.5 Å². The summed E-state index contributed by atoms with van der Waals surface area (Å²) in [5.74, 6) is 0. The summed E-state index contributed by atoms with van der Waals surface area (Å²) in [6, 6.07) is 5.82. The molecule has 20 heavy (non-hydrogen) atoms. The smallest absolute Gasteiger partial charge is 0.206 e. The first-order valence-corrected chi connectivity index (χ1v) is 7.90. The highest BCUT2D eigenvalue weighted by atomic mass is 32.1. The van der Waals surface area contributed by atoms with E-state index in [1.807, 2.05) is 18.2 Å². The fraction of sp³-hybridized carbons (Fsp3) is 0.400. The maximum absolute atomic E-state index is 4.29. The number of anilines is 1. The fourth-order valence-electron chi connectivity index (χ4n) is 2.35. The summed E-state index contributed by atoms with van der Waals surface area (Å²) in [7, 11) is 0. The van der Waals surface area contributed by atoms with Gasteiger partial charge in [-0.15, -0.1) is 10.2 Å². The SMILES string of the molecule is C1=C(CCNc2nnc(-c3ccccn3)s2)CCCC1. The molecule has 0 saturated heterocycles. The van der Waals surface area contributed by atoms with E-state index in [-0.39, 0.29) is 0 Å². The van der Waals surface area contributed by atoms with Crippen LogP contribution in [0.5, 0.6) is 0 Å². The Morgan fingerprint density at radius 3 is 3.00 bits per heavy atom. The van der Waals surface area contributed by atoms with E-state index in [0.717, 1.165) is 28.8 Å². The predicted molar refractivity (Wildman–Crippen MR) is 82.8 cm³/mol. The second-order valence-corrected chi connectivity index (χ2v) is 5.89. The van der Waals surface area contributed by atoms with Crippen molar-refractivity contribution in [2.45, 2.75) is 32.1 Å². The van der Waals surface area contributed by atoms with Crippen LogP contribution in [0.3, 0.4) is 0 Å². The average Bonchev–Trinajstić information content (AvgIpc) is 2.98. The van der Waals surface area contributed by atoms with E-state index < -0.39 is 0 Å². The molecule has 0 amide bonds. The fourth-order valence-corrected chi connectivity index (χ4v) is 3.10. The molecule has 0 aliphatic heterocycles. The standard InChI is InChI=1S/C15H18N4S/c1-2-6-12(7-3-1)9-11-17-15-19-18-14(20-15)13-8-4-5-10-16-13/h4-6,8,10H,1-3,7,9,11H2,(H,17,19). The molecule has 3 rings (SSSR count). The first-order chi connectivity index (χ1) is 9.92. The molecule has 2 heterocycles. The average molecular weight is 286 g/mol. The van der Waals surface area contributed by atoms with Gasteiger partial charge in [0.1, 0.15) is 5.69 Å². The number of nitrogens with zero attached hydrogens (tertiary/aromatic N) is 3. The zero-order valence-corrected chi connectivity index (χ0v) is 12.2. The van der Waals surface area contributed by atoms with Crippen molar-refractivity contribution in [2.24, 2.45) is 0 Å². The van der Waals surface area contributed by atoms with Crippen LogP contribution < -0.4 is 5.32 Å². The molecular formula is C15H18N4S. The lowest BCUT2D eigenvalue weighted by Crippen LogP contribution is -2.04. The van der Waals surface area contributed by atoms with E-state index >= 15 is 0 Å². The van der Waals surface area contributed by atoms with Crippen LogP contribution in [0.15, 0.2) is 36.0 Å². The number of aromatic nitrogens is 3. The predicted octanol–water partition coefficient (Wildman–Crippen LogP) is 3.90. The number of allylic oxidation sites excluding steroid dienone is 1. The molecule has 0 atom stereocenters. The van der Waals surface area contributed by atoms with Gasteiger partial charge in [0, 0.05) is 12.7 Å². The van der Waals surface area contributed by atoms with Crippen molar-refractivity contribution in [2.75, 3.05) is 11.9 Å². The number of nitrogens with one attached hydrogen (secondary N) is 1. The molecule has 1 aliphatic rings. The number of rotatable bonds is 5. The van der Waals surface area contributed by atoms with Gasteiger partial charge in [-0.25, -0.2) is 0 Å². The van der Waals surface area contributed by atoms with Gasteiger partial charge >= 0.3 is 0 Å². The Bertz CT molecular complexity index is 577. The molecule has 0 unspecified atom stereocenters. The second-order valence-electron chi connectivity index (χ2n) is 4.91. The normalized spacial score (nSPS) is 14.9. The Kier molecular flexibility index (Phi) is 4.38. The van der Waals surface area contributed by atoms with Crippen molar-refractivity contribution < 1.29 is 0 Å². The highest BCUT2D eigenvalue weighted by Crippen LogP contribution is 2.25. The van der Waals surface area contributed by atoms with Crippen molar-refractivity contribution in [3.63, 3.8) is 0 Å². The Morgan fingerprint density at radius 1 is 1.20 bits per heavy atom. The quantitative estimate of drug-likeness (QED) is 0.847. The monoisotopic (exact) mass is 286 g/mol. The molecule has 1 N–H and O–H groups in total. The van der Waals surface area contributed by atoms with Crippen LogP contribution in [0.2, 0.25) is 0 Å². The van der Waals surface area contributed by atoms with E-state index in [0.29, 0.717) is 0 Å². The van der Waals surface area contributed by atoms with E-state index in [9.17, 15) is 0 Å². The second kappa shape index (κ2) is 6.61. The molecule has 0 bridgehead atoms. The molecule has 0 fully saturated rings. The summed E-state index contributed by atoms with van der Waals surface area (Å²) in [6.07, 6.45) is 10.5. The first kappa shape index (κ1) is 13.2. The summed E-state index contributed by atoms with van der Waals surface area (Å²) in [5.41, 5.74) is 2.46. The minimum atomic E-state index is 0.866. The molecule has 2 aromatic rings. The van der Waals surface area contributed by atoms with Crippen LogP contribution in [-0.2, 0) is 0 Å². The van der Waals surface area contributed by atoms with Gasteiger partial charge in [-0.1, -0.05) is 29.1 Å². The van der Waals surface area contributed by atoms with E-state index in [1.165, 1.54) is 25.7 Å². The molecule has 1 aliphatic carbocycles. The maximum Gasteiger partial charge on any atom is 0.206 e. The number of hydrogen-bond donors (Lipinski definition) is 1. The summed E-state index contributed by atoms with van der Waals surface area (Å²) < 4.78 is 0. The third-order valence-corrected chi connectivity index (χ3v) is 4.32. The lowest BCUT2D eigenvalue weighted by molar-refractivity contribution is 0.679. The van der Waals surface area contributed by atoms with Crippen molar-refractivity contribution in [1.82, 2.24) is 15.2 Å². The molecular weight excluding hydrogens is 268 g/mol. The highest BCUT2D eigenvalue weighted by Gasteiger charge is 2.07. The Hall–Kier alpha value is -1.75. The van der Waals surface area contributed by atoms with E-state index in [1.54, 1.807) is 23.1 Å². The summed E-state index contributed by atoms with van der Waals surface area (Å²) >= 11 is 1.56. The zero-order valence-electron chi connectivity index (χ0n) is 11.4. The zero-order chi connectivity index (χ0) is 13.6. The lowest BCUT2D eigenvalue weighted by Gasteiger charge is -2.12. The third kappa shape index (κ3) is 3.42. The minimum Gasteiger partial charge on any atom is -0.360 e. The van der Waals surface area contributed by atoms with Gasteiger partial charge < -0.3 is 5.32 Å². The van der Waals surface area contributed by atoms with Crippen molar-refractivity contribution in [1.29, 1.82) is 0 Å². The number of pyridine rings is 1. The van der Waals surface area contributed by atoms with Gasteiger partial charge in [0.25, 0.3) is 0 Å². The molecule has 0 saturated carbocycles. The van der Waals surface area contributed by atoms with Gasteiger partial charge in [0.2, 0.25) is 5.13 Å². The van der Waals surface area contributed by atoms with Gasteiger partial charge in [-0.2, -0.15) is 0 Å². The van der Waals surface area contributed by atoms with Gasteiger partial charge in [0.15, 0.2) is 5.01 Å². The lowest BCUT2D eigenvalue weighted by atomic mass is 9.97. The highest BCUT2D eigenvalue weighted by molar-refractivity contribution is 7.18. The summed E-state index contributed by atoms with van der Waals surface area (Å²) in [6.45, 7) is 0.933. The Morgan fingerprint density at radius 2 is 2.20 bits per heavy atom. The Labute approximate surface area is 123 Å². The molecule has 0 aromatic carbocycles. The maximum atomic E-state index is 4.29. The first-order valence-electron chi connectivity index (χ1n) is 7.08. The minimum absolute atomic E-state index is 0.866. The van der Waals surface area contributed by atoms with Crippen molar-refractivity contribution in [3.8, 4) is 10.7 Å². The van der Waals surface area contributed by atoms with E-state index in [4.69, 9.17) is 0 Å². The number of hydrogen-bond acceptors (Lipinski definition) is 5. The largest absolute Gasteiger partial charge is 0.360 e.